The highest BCUT2D eigenvalue weighted by Crippen LogP contribution is 2.35. The zero-order chi connectivity index (χ0) is 21.8. The number of esters is 1. The van der Waals surface area contributed by atoms with Gasteiger partial charge >= 0.3 is 12.0 Å². The van der Waals surface area contributed by atoms with Gasteiger partial charge in [-0.25, -0.2) is 9.59 Å². The minimum atomic E-state index is -0.493. The lowest BCUT2D eigenvalue weighted by atomic mass is 10.1. The number of carbonyl (C=O) groups is 2. The number of hydrogen-bond donors (Lipinski definition) is 3. The molecule has 4 rings (SSSR count). The Morgan fingerprint density at radius 1 is 0.935 bits per heavy atom. The van der Waals surface area contributed by atoms with Crippen molar-refractivity contribution in [1.29, 1.82) is 0 Å². The Hall–Kier alpha value is -3.77. The molecular weight excluding hydrogens is 414 g/mol. The molecular formula is C24H20ClN3O3. The molecule has 0 atom stereocenters. The van der Waals surface area contributed by atoms with Crippen molar-refractivity contribution in [2.75, 3.05) is 17.2 Å². The van der Waals surface area contributed by atoms with Crippen molar-refractivity contribution >= 4 is 45.9 Å². The molecule has 0 fully saturated rings. The Morgan fingerprint density at radius 3 is 2.42 bits per heavy atom. The Morgan fingerprint density at radius 2 is 1.65 bits per heavy atom. The van der Waals surface area contributed by atoms with Crippen molar-refractivity contribution < 1.29 is 14.3 Å². The first-order chi connectivity index (χ1) is 15.1. The Labute approximate surface area is 184 Å². The van der Waals surface area contributed by atoms with Gasteiger partial charge in [0.1, 0.15) is 0 Å². The lowest BCUT2D eigenvalue weighted by Gasteiger charge is -2.12. The topological polar surface area (TPSA) is 83.2 Å². The number of carbonyl (C=O) groups excluding carboxylic acids is 2. The number of para-hydroxylation sites is 2. The van der Waals surface area contributed by atoms with Crippen LogP contribution in [-0.4, -0.2) is 23.6 Å². The summed E-state index contributed by atoms with van der Waals surface area (Å²) in [6, 6.07) is 21.3. The number of aromatic nitrogens is 1. The van der Waals surface area contributed by atoms with E-state index in [1.165, 1.54) is 0 Å². The fourth-order valence-corrected chi connectivity index (χ4v) is 3.48. The minimum absolute atomic E-state index is 0.249. The number of urea groups is 1. The molecule has 0 bridgehead atoms. The first kappa shape index (κ1) is 20.5. The molecule has 0 saturated carbocycles. The minimum Gasteiger partial charge on any atom is -0.462 e. The van der Waals surface area contributed by atoms with Gasteiger partial charge in [0.05, 0.1) is 29.2 Å². The number of rotatable bonds is 5. The van der Waals surface area contributed by atoms with Gasteiger partial charge in [-0.1, -0.05) is 54.1 Å². The van der Waals surface area contributed by atoms with E-state index in [0.717, 1.165) is 22.2 Å². The number of aromatic amines is 1. The summed E-state index contributed by atoms with van der Waals surface area (Å²) < 4.78 is 5.07. The van der Waals surface area contributed by atoms with E-state index in [-0.39, 0.29) is 12.2 Å². The van der Waals surface area contributed by atoms with Gasteiger partial charge in [0, 0.05) is 21.5 Å². The summed E-state index contributed by atoms with van der Waals surface area (Å²) in [5.74, 6) is -0.493. The highest BCUT2D eigenvalue weighted by atomic mass is 35.5. The van der Waals surface area contributed by atoms with Crippen LogP contribution in [0.5, 0.6) is 0 Å². The zero-order valence-corrected chi connectivity index (χ0v) is 17.5. The molecule has 1 heterocycles. The van der Waals surface area contributed by atoms with Gasteiger partial charge in [-0.3, -0.25) is 0 Å². The number of ether oxygens (including phenoxy) is 1. The van der Waals surface area contributed by atoms with Crippen LogP contribution in [0.1, 0.15) is 17.3 Å². The average molecular weight is 434 g/mol. The number of amides is 2. The van der Waals surface area contributed by atoms with Crippen LogP contribution in [0.2, 0.25) is 5.02 Å². The molecule has 0 aliphatic carbocycles. The molecule has 156 valence electrons. The second-order valence-corrected chi connectivity index (χ2v) is 7.21. The van der Waals surface area contributed by atoms with E-state index in [0.29, 0.717) is 16.4 Å². The summed E-state index contributed by atoms with van der Waals surface area (Å²) in [5, 5.41) is 7.17. The first-order valence-electron chi connectivity index (χ1n) is 9.77. The third kappa shape index (κ3) is 4.39. The molecule has 0 radical (unpaired) electrons. The average Bonchev–Trinajstić information content (AvgIpc) is 3.13. The van der Waals surface area contributed by atoms with E-state index in [1.807, 2.05) is 36.4 Å². The van der Waals surface area contributed by atoms with E-state index in [2.05, 4.69) is 15.6 Å². The van der Waals surface area contributed by atoms with Crippen molar-refractivity contribution in [2.24, 2.45) is 0 Å². The van der Waals surface area contributed by atoms with Crippen molar-refractivity contribution in [2.45, 2.75) is 6.92 Å². The number of fused-ring (bicyclic) bond motifs is 1. The lowest BCUT2D eigenvalue weighted by molar-refractivity contribution is 0.0527. The number of hydrogen-bond acceptors (Lipinski definition) is 3. The molecule has 7 heteroatoms. The normalized spacial score (nSPS) is 10.6. The Balaban J connectivity index is 1.66. The molecule has 0 aliphatic heterocycles. The van der Waals surface area contributed by atoms with Crippen LogP contribution >= 0.6 is 11.6 Å². The smallest absolute Gasteiger partial charge is 0.340 e. The number of halogens is 1. The van der Waals surface area contributed by atoms with Gasteiger partial charge < -0.3 is 20.4 Å². The van der Waals surface area contributed by atoms with E-state index in [9.17, 15) is 9.59 Å². The van der Waals surface area contributed by atoms with Crippen molar-refractivity contribution in [3.8, 4) is 11.3 Å². The Bertz CT molecular complexity index is 1250. The molecule has 0 spiro atoms. The van der Waals surface area contributed by atoms with Gasteiger partial charge in [-0.05, 0) is 37.3 Å². The molecule has 6 nitrogen and oxygen atoms in total. The van der Waals surface area contributed by atoms with Gasteiger partial charge in [-0.2, -0.15) is 0 Å². The standard InChI is InChI=1S/C24H20ClN3O3/c1-2-31-23(29)18-8-4-6-10-20(18)27-24(30)28-22-17-7-3-5-9-19(17)26-21(22)15-11-13-16(25)14-12-15/h3-14,26H,2H2,1H3,(H2,27,28,30). The maximum atomic E-state index is 12.9. The maximum Gasteiger partial charge on any atom is 0.340 e. The fraction of sp³-hybridized carbons (Fsp3) is 0.0833. The molecule has 4 aromatic rings. The number of nitrogens with one attached hydrogen (secondary N) is 3. The van der Waals surface area contributed by atoms with Gasteiger partial charge in [0.2, 0.25) is 0 Å². The zero-order valence-electron chi connectivity index (χ0n) is 16.7. The second-order valence-electron chi connectivity index (χ2n) is 6.77. The summed E-state index contributed by atoms with van der Waals surface area (Å²) in [6.45, 7) is 1.98. The van der Waals surface area contributed by atoms with Crippen molar-refractivity contribution in [3.63, 3.8) is 0 Å². The van der Waals surface area contributed by atoms with E-state index in [1.54, 1.807) is 43.3 Å². The second kappa shape index (κ2) is 8.93. The van der Waals surface area contributed by atoms with Crippen LogP contribution in [-0.2, 0) is 4.74 Å². The largest absolute Gasteiger partial charge is 0.462 e. The predicted molar refractivity (Wildman–Crippen MR) is 124 cm³/mol. The predicted octanol–water partition coefficient (Wildman–Crippen LogP) is 6.31. The number of H-pyrrole nitrogens is 1. The van der Waals surface area contributed by atoms with E-state index < -0.39 is 12.0 Å². The highest BCUT2D eigenvalue weighted by molar-refractivity contribution is 6.30. The van der Waals surface area contributed by atoms with Gasteiger partial charge in [-0.15, -0.1) is 0 Å². The lowest BCUT2D eigenvalue weighted by Crippen LogP contribution is -2.21. The highest BCUT2D eigenvalue weighted by Gasteiger charge is 2.18. The molecule has 0 unspecified atom stereocenters. The van der Waals surface area contributed by atoms with E-state index in [4.69, 9.17) is 16.3 Å². The fourth-order valence-electron chi connectivity index (χ4n) is 3.35. The summed E-state index contributed by atoms with van der Waals surface area (Å²) >= 11 is 6.03. The third-order valence-corrected chi connectivity index (χ3v) is 5.00. The summed E-state index contributed by atoms with van der Waals surface area (Å²) in [5.41, 5.74) is 3.80. The summed E-state index contributed by atoms with van der Waals surface area (Å²) in [6.07, 6.45) is 0. The molecule has 1 aromatic heterocycles. The quantitative estimate of drug-likeness (QED) is 0.322. The van der Waals surface area contributed by atoms with Crippen LogP contribution in [0.15, 0.2) is 72.8 Å². The number of anilines is 2. The molecule has 2 amide bonds. The Kier molecular flexibility index (Phi) is 5.91. The molecule has 0 aliphatic rings. The third-order valence-electron chi connectivity index (χ3n) is 4.75. The molecule has 0 saturated heterocycles. The van der Waals surface area contributed by atoms with Crippen LogP contribution in [0.4, 0.5) is 16.2 Å². The van der Waals surface area contributed by atoms with Gasteiger partial charge in [0.15, 0.2) is 0 Å². The monoisotopic (exact) mass is 433 g/mol. The maximum absolute atomic E-state index is 12.9. The van der Waals surface area contributed by atoms with Gasteiger partial charge in [0.25, 0.3) is 0 Å². The SMILES string of the molecule is CCOC(=O)c1ccccc1NC(=O)Nc1c(-c2ccc(Cl)cc2)[nH]c2ccccc12. The summed E-state index contributed by atoms with van der Waals surface area (Å²) in [7, 11) is 0. The molecule has 3 N–H and O–H groups in total. The van der Waals surface area contributed by atoms with Crippen LogP contribution in [0.25, 0.3) is 22.2 Å². The van der Waals surface area contributed by atoms with E-state index >= 15 is 0 Å². The molecule has 3 aromatic carbocycles. The summed E-state index contributed by atoms with van der Waals surface area (Å²) in [4.78, 5) is 28.4. The van der Waals surface area contributed by atoms with Crippen molar-refractivity contribution in [1.82, 2.24) is 4.98 Å². The van der Waals surface area contributed by atoms with Crippen LogP contribution < -0.4 is 10.6 Å². The molecule has 31 heavy (non-hydrogen) atoms. The van der Waals surface area contributed by atoms with Crippen LogP contribution in [0, 0.1) is 0 Å². The van der Waals surface area contributed by atoms with Crippen LogP contribution in [0.3, 0.4) is 0 Å². The number of benzene rings is 3. The van der Waals surface area contributed by atoms with Crippen molar-refractivity contribution in [3.05, 3.63) is 83.4 Å². The first-order valence-corrected chi connectivity index (χ1v) is 10.2.